The Hall–Kier alpha value is -1.11. The molecule has 0 atom stereocenters. The summed E-state index contributed by atoms with van der Waals surface area (Å²) in [5, 5.41) is 2.76. The molecule has 0 unspecified atom stereocenters. The summed E-state index contributed by atoms with van der Waals surface area (Å²) in [5.74, 6) is -0.116. The molecule has 0 aromatic heterocycles. The van der Waals surface area contributed by atoms with Gasteiger partial charge in [0.2, 0.25) is 5.91 Å². The van der Waals surface area contributed by atoms with Gasteiger partial charge in [-0.15, -0.1) is 0 Å². The molecule has 0 aliphatic carbocycles. The predicted octanol–water partition coefficient (Wildman–Crippen LogP) is 1.98. The third-order valence-electron chi connectivity index (χ3n) is 3.00. The maximum absolute atomic E-state index is 11.9. The van der Waals surface area contributed by atoms with Crippen molar-refractivity contribution in [3.8, 4) is 0 Å². The first-order chi connectivity index (χ1) is 8.97. The van der Waals surface area contributed by atoms with Crippen LogP contribution in [-0.4, -0.2) is 27.5 Å². The number of ether oxygens (including phenoxy) is 1. The summed E-state index contributed by atoms with van der Waals surface area (Å²) in [7, 11) is 1.48. The second-order valence-corrected chi connectivity index (χ2v) is 6.90. The summed E-state index contributed by atoms with van der Waals surface area (Å²) in [4.78, 5) is 12.0. The van der Waals surface area contributed by atoms with E-state index < -0.39 is 9.05 Å². The Morgan fingerprint density at radius 2 is 1.79 bits per heavy atom. The van der Waals surface area contributed by atoms with Crippen LogP contribution in [0.1, 0.15) is 12.8 Å². The highest BCUT2D eigenvalue weighted by Gasteiger charge is 2.21. The number of benzene rings is 1. The first-order valence-corrected chi connectivity index (χ1v) is 8.21. The molecular formula is C12H14ClNO4S. The van der Waals surface area contributed by atoms with Crippen LogP contribution in [0.15, 0.2) is 29.2 Å². The Bertz CT molecular complexity index is 550. The fourth-order valence-corrected chi connectivity index (χ4v) is 2.67. The molecule has 1 aliphatic heterocycles. The van der Waals surface area contributed by atoms with Crippen molar-refractivity contribution in [2.24, 2.45) is 5.92 Å². The number of anilines is 1. The molecule has 0 radical (unpaired) electrons. The van der Waals surface area contributed by atoms with Gasteiger partial charge in [0.1, 0.15) is 0 Å². The minimum absolute atomic E-state index is 0.0123. The van der Waals surface area contributed by atoms with Gasteiger partial charge in [0.15, 0.2) is 0 Å². The second-order valence-electron chi connectivity index (χ2n) is 4.34. The average Bonchev–Trinajstić information content (AvgIpc) is 2.39. The monoisotopic (exact) mass is 303 g/mol. The third-order valence-corrected chi connectivity index (χ3v) is 4.37. The molecule has 2 rings (SSSR count). The van der Waals surface area contributed by atoms with E-state index in [9.17, 15) is 13.2 Å². The molecule has 0 bridgehead atoms. The van der Waals surface area contributed by atoms with E-state index >= 15 is 0 Å². The van der Waals surface area contributed by atoms with E-state index in [-0.39, 0.29) is 16.7 Å². The molecule has 5 nitrogen and oxygen atoms in total. The summed E-state index contributed by atoms with van der Waals surface area (Å²) in [6.07, 6.45) is 1.42. The predicted molar refractivity (Wildman–Crippen MR) is 71.7 cm³/mol. The molecule has 1 amide bonds. The average molecular weight is 304 g/mol. The molecule has 1 saturated heterocycles. The zero-order chi connectivity index (χ0) is 13.9. The van der Waals surface area contributed by atoms with Crippen molar-refractivity contribution in [2.45, 2.75) is 17.7 Å². The molecule has 7 heteroatoms. The molecule has 1 fully saturated rings. The van der Waals surface area contributed by atoms with Gasteiger partial charge in [-0.25, -0.2) is 8.42 Å². The number of nitrogens with one attached hydrogen (secondary N) is 1. The lowest BCUT2D eigenvalue weighted by Gasteiger charge is -2.21. The number of rotatable bonds is 3. The normalized spacial score (nSPS) is 17.1. The molecule has 1 N–H and O–H groups in total. The van der Waals surface area contributed by atoms with Crippen LogP contribution < -0.4 is 5.32 Å². The van der Waals surface area contributed by atoms with E-state index in [1.807, 2.05) is 0 Å². The molecule has 1 aromatic rings. The Morgan fingerprint density at radius 3 is 2.32 bits per heavy atom. The van der Waals surface area contributed by atoms with Gasteiger partial charge in [0.25, 0.3) is 9.05 Å². The van der Waals surface area contributed by atoms with Crippen molar-refractivity contribution < 1.29 is 17.9 Å². The highest BCUT2D eigenvalue weighted by molar-refractivity contribution is 8.13. The van der Waals surface area contributed by atoms with E-state index in [1.54, 1.807) is 0 Å². The maximum atomic E-state index is 11.9. The van der Waals surface area contributed by atoms with Gasteiger partial charge in [-0.3, -0.25) is 4.79 Å². The van der Waals surface area contributed by atoms with Crippen molar-refractivity contribution in [3.63, 3.8) is 0 Å². The van der Waals surface area contributed by atoms with Crippen LogP contribution in [0.3, 0.4) is 0 Å². The maximum Gasteiger partial charge on any atom is 0.261 e. The van der Waals surface area contributed by atoms with Crippen LogP contribution in [0.2, 0.25) is 0 Å². The largest absolute Gasteiger partial charge is 0.381 e. The molecule has 104 valence electrons. The van der Waals surface area contributed by atoms with Crippen LogP contribution in [0, 0.1) is 5.92 Å². The van der Waals surface area contributed by atoms with Crippen LogP contribution in [0.4, 0.5) is 5.69 Å². The first kappa shape index (κ1) is 14.3. The summed E-state index contributed by atoms with van der Waals surface area (Å²) in [5.41, 5.74) is 0.556. The van der Waals surface area contributed by atoms with Gasteiger partial charge >= 0.3 is 0 Å². The molecule has 0 saturated carbocycles. The van der Waals surface area contributed by atoms with Crippen LogP contribution in [0.5, 0.6) is 0 Å². The van der Waals surface area contributed by atoms with Crippen molar-refractivity contribution in [1.29, 1.82) is 0 Å². The fraction of sp³-hybridized carbons (Fsp3) is 0.417. The van der Waals surface area contributed by atoms with Crippen LogP contribution in [0.25, 0.3) is 0 Å². The first-order valence-electron chi connectivity index (χ1n) is 5.90. The smallest absolute Gasteiger partial charge is 0.261 e. The fourth-order valence-electron chi connectivity index (χ4n) is 1.90. The van der Waals surface area contributed by atoms with Crippen LogP contribution in [-0.2, 0) is 18.6 Å². The molecule has 19 heavy (non-hydrogen) atoms. The lowest BCUT2D eigenvalue weighted by molar-refractivity contribution is -0.122. The van der Waals surface area contributed by atoms with Crippen molar-refractivity contribution in [2.75, 3.05) is 18.5 Å². The van der Waals surface area contributed by atoms with E-state index in [2.05, 4.69) is 5.32 Å². The van der Waals surface area contributed by atoms with Gasteiger partial charge in [0, 0.05) is 35.5 Å². The van der Waals surface area contributed by atoms with Gasteiger partial charge in [0.05, 0.1) is 4.90 Å². The SMILES string of the molecule is O=C(Nc1ccc(S(=O)(=O)Cl)cc1)C1CCOCC1. The molecule has 1 heterocycles. The highest BCUT2D eigenvalue weighted by Crippen LogP contribution is 2.20. The van der Waals surface area contributed by atoms with E-state index in [4.69, 9.17) is 15.4 Å². The molecule has 0 spiro atoms. The van der Waals surface area contributed by atoms with Crippen LogP contribution >= 0.6 is 10.7 Å². The van der Waals surface area contributed by atoms with E-state index in [0.717, 1.165) is 0 Å². The third kappa shape index (κ3) is 3.92. The zero-order valence-corrected chi connectivity index (χ0v) is 11.7. The molecular weight excluding hydrogens is 290 g/mol. The Morgan fingerprint density at radius 1 is 1.21 bits per heavy atom. The number of amides is 1. The Kier molecular flexibility index (Phi) is 4.44. The number of carbonyl (C=O) groups is 1. The van der Waals surface area contributed by atoms with Crippen molar-refractivity contribution >= 4 is 31.3 Å². The zero-order valence-electron chi connectivity index (χ0n) is 10.1. The van der Waals surface area contributed by atoms with Gasteiger partial charge in [-0.2, -0.15) is 0 Å². The summed E-state index contributed by atoms with van der Waals surface area (Å²) in [6, 6.07) is 5.77. The Labute approximate surface area is 116 Å². The Balaban J connectivity index is 2.01. The minimum Gasteiger partial charge on any atom is -0.381 e. The summed E-state index contributed by atoms with van der Waals surface area (Å²) >= 11 is 0. The number of halogens is 1. The van der Waals surface area contributed by atoms with Gasteiger partial charge in [-0.1, -0.05) is 0 Å². The standard InChI is InChI=1S/C12H14ClNO4S/c13-19(16,17)11-3-1-10(2-4-11)14-12(15)9-5-7-18-8-6-9/h1-4,9H,5-8H2,(H,14,15). The topological polar surface area (TPSA) is 72.5 Å². The number of carbonyl (C=O) groups excluding carboxylic acids is 1. The van der Waals surface area contributed by atoms with E-state index in [1.165, 1.54) is 24.3 Å². The van der Waals surface area contributed by atoms with Crippen molar-refractivity contribution in [1.82, 2.24) is 0 Å². The van der Waals surface area contributed by atoms with Gasteiger partial charge in [-0.05, 0) is 37.1 Å². The number of hydrogen-bond donors (Lipinski definition) is 1. The highest BCUT2D eigenvalue weighted by atomic mass is 35.7. The summed E-state index contributed by atoms with van der Waals surface area (Å²) in [6.45, 7) is 1.20. The lowest BCUT2D eigenvalue weighted by Crippen LogP contribution is -2.28. The van der Waals surface area contributed by atoms with E-state index in [0.29, 0.717) is 31.7 Å². The lowest BCUT2D eigenvalue weighted by atomic mass is 9.99. The van der Waals surface area contributed by atoms with Gasteiger partial charge < -0.3 is 10.1 Å². The summed E-state index contributed by atoms with van der Waals surface area (Å²) < 4.78 is 27.3. The molecule has 1 aliphatic rings. The molecule has 1 aromatic carbocycles. The van der Waals surface area contributed by atoms with Crippen molar-refractivity contribution in [3.05, 3.63) is 24.3 Å². The quantitative estimate of drug-likeness (QED) is 0.867. The second kappa shape index (κ2) is 5.90. The number of hydrogen-bond acceptors (Lipinski definition) is 4. The minimum atomic E-state index is -3.73.